The maximum atomic E-state index is 12.8. The SMILES string of the molecule is CCN1CCc2c(sc(NC(=O)c3ccc(NS(=O)(=O)c4ccccc4)cc3)c2C(N)=O)C1. The van der Waals surface area contributed by atoms with Crippen molar-refractivity contribution in [3.05, 3.63) is 76.2 Å². The predicted octanol–water partition coefficient (Wildman–Crippen LogP) is 3.28. The van der Waals surface area contributed by atoms with Gasteiger partial charge in [0.2, 0.25) is 0 Å². The van der Waals surface area contributed by atoms with Crippen LogP contribution < -0.4 is 15.8 Å². The number of fused-ring (bicyclic) bond motifs is 1. The number of benzene rings is 2. The van der Waals surface area contributed by atoms with E-state index in [1.807, 2.05) is 0 Å². The highest BCUT2D eigenvalue weighted by atomic mass is 32.2. The van der Waals surface area contributed by atoms with E-state index in [0.717, 1.165) is 30.1 Å². The third-order valence-electron chi connectivity index (χ3n) is 5.51. The van der Waals surface area contributed by atoms with Gasteiger partial charge in [0, 0.05) is 29.2 Å². The second-order valence-corrected chi connectivity index (χ2v) is 10.4. The molecule has 1 aliphatic rings. The zero-order chi connectivity index (χ0) is 23.6. The first-order valence-electron chi connectivity index (χ1n) is 10.4. The molecule has 2 amide bonds. The predicted molar refractivity (Wildman–Crippen MR) is 129 cm³/mol. The summed E-state index contributed by atoms with van der Waals surface area (Å²) in [6, 6.07) is 14.1. The fourth-order valence-electron chi connectivity index (χ4n) is 3.75. The van der Waals surface area contributed by atoms with Crippen LogP contribution in [0.3, 0.4) is 0 Å². The van der Waals surface area contributed by atoms with Gasteiger partial charge in [-0.05, 0) is 54.9 Å². The lowest BCUT2D eigenvalue weighted by Crippen LogP contribution is -2.30. The van der Waals surface area contributed by atoms with Crippen molar-refractivity contribution in [2.75, 3.05) is 23.1 Å². The number of hydrogen-bond acceptors (Lipinski definition) is 6. The van der Waals surface area contributed by atoms with Crippen molar-refractivity contribution in [2.24, 2.45) is 5.73 Å². The molecule has 2 aromatic carbocycles. The lowest BCUT2D eigenvalue weighted by molar-refractivity contribution is 0.1000. The number of thiophene rings is 1. The molecule has 0 saturated carbocycles. The number of carbonyl (C=O) groups excluding carboxylic acids is 2. The zero-order valence-electron chi connectivity index (χ0n) is 18.0. The Bertz CT molecular complexity index is 1290. The average molecular weight is 485 g/mol. The Balaban J connectivity index is 1.51. The van der Waals surface area contributed by atoms with Crippen LogP contribution in [0.1, 0.15) is 38.1 Å². The minimum atomic E-state index is -3.72. The van der Waals surface area contributed by atoms with Gasteiger partial charge < -0.3 is 11.1 Å². The van der Waals surface area contributed by atoms with E-state index in [2.05, 4.69) is 21.9 Å². The summed E-state index contributed by atoms with van der Waals surface area (Å²) in [6.45, 7) is 4.56. The van der Waals surface area contributed by atoms with Crippen LogP contribution in [0.2, 0.25) is 0 Å². The largest absolute Gasteiger partial charge is 0.365 e. The number of anilines is 2. The number of sulfonamides is 1. The van der Waals surface area contributed by atoms with Gasteiger partial charge in [-0.25, -0.2) is 8.42 Å². The van der Waals surface area contributed by atoms with Crippen molar-refractivity contribution in [1.82, 2.24) is 4.90 Å². The number of likely N-dealkylation sites (N-methyl/N-ethyl adjacent to an activating group) is 1. The maximum Gasteiger partial charge on any atom is 0.261 e. The van der Waals surface area contributed by atoms with E-state index in [0.29, 0.717) is 28.2 Å². The number of rotatable bonds is 7. The first-order valence-corrected chi connectivity index (χ1v) is 12.7. The molecule has 8 nitrogen and oxygen atoms in total. The lowest BCUT2D eigenvalue weighted by atomic mass is 10.0. The van der Waals surface area contributed by atoms with E-state index in [4.69, 9.17) is 5.73 Å². The molecule has 10 heteroatoms. The van der Waals surface area contributed by atoms with Crippen molar-refractivity contribution < 1.29 is 18.0 Å². The van der Waals surface area contributed by atoms with E-state index in [1.165, 1.54) is 47.7 Å². The Morgan fingerprint density at radius 2 is 1.79 bits per heavy atom. The molecule has 0 spiro atoms. The molecule has 172 valence electrons. The molecule has 1 aliphatic heterocycles. The molecule has 0 atom stereocenters. The fraction of sp³-hybridized carbons (Fsp3) is 0.217. The number of carbonyl (C=O) groups is 2. The summed E-state index contributed by atoms with van der Waals surface area (Å²) in [7, 11) is -3.72. The Labute approximate surface area is 196 Å². The van der Waals surface area contributed by atoms with Crippen molar-refractivity contribution in [3.8, 4) is 0 Å². The van der Waals surface area contributed by atoms with Gasteiger partial charge in [-0.1, -0.05) is 25.1 Å². The molecule has 0 bridgehead atoms. The summed E-state index contributed by atoms with van der Waals surface area (Å²) < 4.78 is 27.4. The molecule has 1 aromatic heterocycles. The van der Waals surface area contributed by atoms with Crippen LogP contribution >= 0.6 is 11.3 Å². The Morgan fingerprint density at radius 1 is 1.09 bits per heavy atom. The molecule has 0 saturated heterocycles. The lowest BCUT2D eigenvalue weighted by Gasteiger charge is -2.25. The van der Waals surface area contributed by atoms with Gasteiger partial charge in [0.05, 0.1) is 10.5 Å². The van der Waals surface area contributed by atoms with Gasteiger partial charge in [0.1, 0.15) is 5.00 Å². The molecule has 33 heavy (non-hydrogen) atoms. The number of nitrogens with zero attached hydrogens (tertiary/aromatic N) is 1. The van der Waals surface area contributed by atoms with Crippen LogP contribution in [0.25, 0.3) is 0 Å². The number of nitrogens with one attached hydrogen (secondary N) is 2. The summed E-state index contributed by atoms with van der Waals surface area (Å²) in [5.74, 6) is -0.959. The van der Waals surface area contributed by atoms with E-state index in [-0.39, 0.29) is 4.90 Å². The van der Waals surface area contributed by atoms with E-state index >= 15 is 0 Å². The third kappa shape index (κ3) is 4.92. The fourth-order valence-corrected chi connectivity index (χ4v) is 6.12. The average Bonchev–Trinajstić information content (AvgIpc) is 3.16. The summed E-state index contributed by atoms with van der Waals surface area (Å²) in [6.07, 6.45) is 0.712. The van der Waals surface area contributed by atoms with Gasteiger partial charge in [-0.2, -0.15) is 0 Å². The highest BCUT2D eigenvalue weighted by Gasteiger charge is 2.27. The van der Waals surface area contributed by atoms with Gasteiger partial charge >= 0.3 is 0 Å². The molecule has 0 aliphatic carbocycles. The van der Waals surface area contributed by atoms with Gasteiger partial charge in [0.15, 0.2) is 0 Å². The van der Waals surface area contributed by atoms with E-state index in [9.17, 15) is 18.0 Å². The molecule has 3 aromatic rings. The number of nitrogens with two attached hydrogens (primary N) is 1. The second kappa shape index (κ2) is 9.34. The van der Waals surface area contributed by atoms with Gasteiger partial charge in [-0.3, -0.25) is 19.2 Å². The standard InChI is InChI=1S/C23H24N4O4S2/c1-2-27-13-12-18-19(14-27)32-23(20(18)21(24)28)25-22(29)15-8-10-16(11-9-15)26-33(30,31)17-6-4-3-5-7-17/h3-11,26H,2,12-14H2,1H3,(H2,24,28)(H,25,29). The van der Waals surface area contributed by atoms with Crippen LogP contribution in [0.5, 0.6) is 0 Å². The topological polar surface area (TPSA) is 122 Å². The first kappa shape index (κ1) is 23.0. The van der Waals surface area contributed by atoms with Crippen molar-refractivity contribution in [1.29, 1.82) is 0 Å². The highest BCUT2D eigenvalue weighted by Crippen LogP contribution is 2.37. The first-order chi connectivity index (χ1) is 15.8. The minimum absolute atomic E-state index is 0.147. The third-order valence-corrected chi connectivity index (χ3v) is 8.04. The number of hydrogen-bond donors (Lipinski definition) is 3. The monoisotopic (exact) mass is 484 g/mol. The Hall–Kier alpha value is -3.21. The second-order valence-electron chi connectivity index (χ2n) is 7.64. The summed E-state index contributed by atoms with van der Waals surface area (Å²) in [4.78, 5) is 28.4. The normalized spacial score (nSPS) is 13.8. The Kier molecular flexibility index (Phi) is 6.50. The quantitative estimate of drug-likeness (QED) is 0.475. The molecular weight excluding hydrogens is 460 g/mol. The van der Waals surface area contributed by atoms with Crippen LogP contribution in [0, 0.1) is 0 Å². The molecule has 4 rings (SSSR count). The highest BCUT2D eigenvalue weighted by molar-refractivity contribution is 7.92. The Morgan fingerprint density at radius 3 is 2.42 bits per heavy atom. The van der Waals surface area contributed by atoms with Crippen LogP contribution in [-0.4, -0.2) is 38.2 Å². The molecule has 4 N–H and O–H groups in total. The summed E-state index contributed by atoms with van der Waals surface area (Å²) in [5, 5.41) is 3.26. The molecule has 0 unspecified atom stereocenters. The molecule has 0 radical (unpaired) electrons. The maximum absolute atomic E-state index is 12.8. The van der Waals surface area contributed by atoms with Crippen LogP contribution in [0.15, 0.2) is 59.5 Å². The summed E-state index contributed by atoms with van der Waals surface area (Å²) >= 11 is 1.37. The zero-order valence-corrected chi connectivity index (χ0v) is 19.6. The van der Waals surface area contributed by atoms with Crippen molar-refractivity contribution in [2.45, 2.75) is 24.8 Å². The van der Waals surface area contributed by atoms with Crippen LogP contribution in [-0.2, 0) is 23.0 Å². The summed E-state index contributed by atoms with van der Waals surface area (Å²) in [5.41, 5.74) is 7.59. The smallest absolute Gasteiger partial charge is 0.261 e. The minimum Gasteiger partial charge on any atom is -0.365 e. The van der Waals surface area contributed by atoms with Gasteiger partial charge in [-0.15, -0.1) is 11.3 Å². The van der Waals surface area contributed by atoms with E-state index < -0.39 is 21.8 Å². The van der Waals surface area contributed by atoms with Crippen LogP contribution in [0.4, 0.5) is 10.7 Å². The molecule has 2 heterocycles. The van der Waals surface area contributed by atoms with Crippen molar-refractivity contribution >= 4 is 43.9 Å². The molecular formula is C23H24N4O4S2. The van der Waals surface area contributed by atoms with Crippen molar-refractivity contribution in [3.63, 3.8) is 0 Å². The van der Waals surface area contributed by atoms with E-state index in [1.54, 1.807) is 18.2 Å². The van der Waals surface area contributed by atoms with Gasteiger partial charge in [0.25, 0.3) is 21.8 Å². The number of amides is 2. The number of primary amides is 1. The molecule has 0 fully saturated rings.